The van der Waals surface area contributed by atoms with Gasteiger partial charge in [-0.05, 0) is 48.2 Å². The highest BCUT2D eigenvalue weighted by Gasteiger charge is 2.18. The summed E-state index contributed by atoms with van der Waals surface area (Å²) in [6.07, 6.45) is 1.43. The molecule has 25 heavy (non-hydrogen) atoms. The molecule has 0 bridgehead atoms. The van der Waals surface area contributed by atoms with Crippen molar-refractivity contribution in [3.8, 4) is 11.1 Å². The minimum Gasteiger partial charge on any atom is -0.338 e. The second-order valence-corrected chi connectivity index (χ2v) is 9.84. The molecular weight excluding hydrogens is 376 g/mol. The van der Waals surface area contributed by atoms with Crippen LogP contribution < -0.4 is 10.6 Å². The minimum absolute atomic E-state index is 0.0885. The van der Waals surface area contributed by atoms with Gasteiger partial charge < -0.3 is 9.88 Å². The lowest BCUT2D eigenvalue weighted by Crippen LogP contribution is -2.11. The molecule has 1 aromatic heterocycles. The van der Waals surface area contributed by atoms with E-state index in [-0.39, 0.29) is 5.28 Å². The van der Waals surface area contributed by atoms with E-state index in [1.807, 2.05) is 48.5 Å². The molecule has 1 N–H and O–H groups in total. The molecule has 0 saturated heterocycles. The molecule has 1 heterocycles. The van der Waals surface area contributed by atoms with Crippen LogP contribution >= 0.6 is 30.3 Å². The summed E-state index contributed by atoms with van der Waals surface area (Å²) in [6.45, 7) is 3.47. The third kappa shape index (κ3) is 4.21. The number of anilines is 2. The summed E-state index contributed by atoms with van der Waals surface area (Å²) in [5, 5.41) is 4.28. The van der Waals surface area contributed by atoms with E-state index in [0.717, 1.165) is 16.4 Å². The molecule has 0 unspecified atom stereocenters. The number of rotatable bonds is 4. The van der Waals surface area contributed by atoms with E-state index in [2.05, 4.69) is 15.3 Å². The van der Waals surface area contributed by atoms with E-state index in [4.69, 9.17) is 23.2 Å². The molecule has 7 heteroatoms. The van der Waals surface area contributed by atoms with Crippen LogP contribution in [0.1, 0.15) is 0 Å². The maximum absolute atomic E-state index is 12.8. The molecule has 0 aliphatic heterocycles. The van der Waals surface area contributed by atoms with Gasteiger partial charge in [-0.1, -0.05) is 48.0 Å². The molecule has 0 spiro atoms. The highest BCUT2D eigenvalue weighted by Crippen LogP contribution is 2.40. The molecule has 0 radical (unpaired) electrons. The van der Waals surface area contributed by atoms with Crippen molar-refractivity contribution in [2.24, 2.45) is 0 Å². The number of nitrogens with one attached hydrogen (secondary N) is 1. The Morgan fingerprint density at radius 1 is 1.00 bits per heavy atom. The van der Waals surface area contributed by atoms with E-state index in [1.165, 1.54) is 6.20 Å². The Morgan fingerprint density at radius 3 is 2.40 bits per heavy atom. The van der Waals surface area contributed by atoms with Crippen LogP contribution in [-0.2, 0) is 4.57 Å². The summed E-state index contributed by atoms with van der Waals surface area (Å²) in [5.41, 5.74) is 2.74. The van der Waals surface area contributed by atoms with Gasteiger partial charge in [0.2, 0.25) is 5.28 Å². The van der Waals surface area contributed by atoms with Crippen molar-refractivity contribution in [1.29, 1.82) is 0 Å². The molecule has 0 amide bonds. The van der Waals surface area contributed by atoms with Crippen molar-refractivity contribution in [3.63, 3.8) is 0 Å². The molecular formula is C18H16Cl2N3OP. The van der Waals surface area contributed by atoms with Crippen LogP contribution in [0, 0.1) is 0 Å². The van der Waals surface area contributed by atoms with Crippen LogP contribution in [0.25, 0.3) is 11.1 Å². The molecule has 0 atom stereocenters. The van der Waals surface area contributed by atoms with Gasteiger partial charge in [0.15, 0.2) is 5.82 Å². The van der Waals surface area contributed by atoms with E-state index >= 15 is 0 Å². The largest absolute Gasteiger partial charge is 0.338 e. The Labute approximate surface area is 156 Å². The Hall–Kier alpha value is -1.87. The zero-order chi connectivity index (χ0) is 18.0. The minimum atomic E-state index is -2.55. The molecule has 0 aliphatic carbocycles. The quantitative estimate of drug-likeness (QED) is 0.475. The molecule has 128 valence electrons. The molecule has 3 rings (SSSR count). The predicted molar refractivity (Wildman–Crippen MR) is 106 cm³/mol. The third-order valence-corrected chi connectivity index (χ3v) is 5.64. The summed E-state index contributed by atoms with van der Waals surface area (Å²) < 4.78 is 12.8. The van der Waals surface area contributed by atoms with Crippen molar-refractivity contribution in [3.05, 3.63) is 65.0 Å². The first-order valence-corrected chi connectivity index (χ1v) is 10.9. The zero-order valence-electron chi connectivity index (χ0n) is 13.7. The lowest BCUT2D eigenvalue weighted by atomic mass is 10.1. The van der Waals surface area contributed by atoms with Crippen LogP contribution in [0.4, 0.5) is 11.5 Å². The van der Waals surface area contributed by atoms with Gasteiger partial charge in [0.1, 0.15) is 12.2 Å². The SMILES string of the molecule is CP(C)(=O)c1cc(-c2ccccc2)ccc1Nc1nc(Cl)ncc1Cl. The van der Waals surface area contributed by atoms with Gasteiger partial charge >= 0.3 is 0 Å². The predicted octanol–water partition coefficient (Wildman–Crippen LogP) is 5.44. The highest BCUT2D eigenvalue weighted by molar-refractivity contribution is 7.70. The number of nitrogens with zero attached hydrogens (tertiary/aromatic N) is 2. The van der Waals surface area contributed by atoms with Crippen molar-refractivity contribution >= 4 is 47.2 Å². The molecule has 4 nitrogen and oxygen atoms in total. The van der Waals surface area contributed by atoms with Gasteiger partial charge in [-0.15, -0.1) is 0 Å². The molecule has 0 saturated carbocycles. The van der Waals surface area contributed by atoms with Crippen molar-refractivity contribution < 1.29 is 4.57 Å². The first-order chi connectivity index (χ1) is 11.8. The van der Waals surface area contributed by atoms with Gasteiger partial charge in [0.05, 0.1) is 11.9 Å². The smallest absolute Gasteiger partial charge is 0.224 e. The average Bonchev–Trinajstić information content (AvgIpc) is 2.58. The average molecular weight is 392 g/mol. The van der Waals surface area contributed by atoms with E-state index in [1.54, 1.807) is 13.3 Å². The fraction of sp³-hybridized carbons (Fsp3) is 0.111. The molecule has 0 aliphatic rings. The van der Waals surface area contributed by atoms with Crippen molar-refractivity contribution in [2.45, 2.75) is 0 Å². The Morgan fingerprint density at radius 2 is 1.72 bits per heavy atom. The van der Waals surface area contributed by atoms with E-state index in [0.29, 0.717) is 16.5 Å². The van der Waals surface area contributed by atoms with Crippen LogP contribution in [0.2, 0.25) is 10.3 Å². The normalized spacial score (nSPS) is 11.4. The number of aromatic nitrogens is 2. The molecule has 3 aromatic rings. The van der Waals surface area contributed by atoms with Gasteiger partial charge in [0, 0.05) is 5.30 Å². The summed E-state index contributed by atoms with van der Waals surface area (Å²) >= 11 is 12.0. The van der Waals surface area contributed by atoms with Gasteiger partial charge in [-0.25, -0.2) is 4.98 Å². The van der Waals surface area contributed by atoms with Gasteiger partial charge in [-0.2, -0.15) is 4.98 Å². The van der Waals surface area contributed by atoms with Gasteiger partial charge in [0.25, 0.3) is 0 Å². The fourth-order valence-electron chi connectivity index (χ4n) is 2.45. The molecule has 0 fully saturated rings. The topological polar surface area (TPSA) is 54.9 Å². The number of hydrogen-bond acceptors (Lipinski definition) is 4. The lowest BCUT2D eigenvalue weighted by Gasteiger charge is -2.17. The highest BCUT2D eigenvalue weighted by atomic mass is 35.5. The van der Waals surface area contributed by atoms with Crippen LogP contribution in [0.5, 0.6) is 0 Å². The number of hydrogen-bond donors (Lipinski definition) is 1. The van der Waals surface area contributed by atoms with Crippen LogP contribution in [-0.4, -0.2) is 23.3 Å². The second-order valence-electron chi connectivity index (χ2n) is 5.91. The summed E-state index contributed by atoms with van der Waals surface area (Å²) in [5.74, 6) is 0.379. The number of halogens is 2. The van der Waals surface area contributed by atoms with E-state index < -0.39 is 7.14 Å². The van der Waals surface area contributed by atoms with Crippen LogP contribution in [0.15, 0.2) is 54.7 Å². The molecule has 2 aromatic carbocycles. The first kappa shape index (κ1) is 17.9. The monoisotopic (exact) mass is 391 g/mol. The Balaban J connectivity index is 2.08. The Kier molecular flexibility index (Phi) is 5.14. The number of benzene rings is 2. The summed E-state index contributed by atoms with van der Waals surface area (Å²) in [6, 6.07) is 15.7. The van der Waals surface area contributed by atoms with Crippen molar-refractivity contribution in [2.75, 3.05) is 18.6 Å². The lowest BCUT2D eigenvalue weighted by molar-refractivity contribution is 0.588. The third-order valence-electron chi connectivity index (χ3n) is 3.65. The maximum Gasteiger partial charge on any atom is 0.224 e. The second kappa shape index (κ2) is 7.17. The zero-order valence-corrected chi connectivity index (χ0v) is 16.1. The maximum atomic E-state index is 12.8. The standard InChI is InChI=1S/C18H16Cl2N3OP/c1-25(2,24)16-10-13(12-6-4-3-5-7-12)8-9-15(16)22-17-14(19)11-21-18(20)23-17/h3-11H,1-2H3,(H,21,22,23). The summed E-state index contributed by atoms with van der Waals surface area (Å²) in [4.78, 5) is 7.93. The van der Waals surface area contributed by atoms with Gasteiger partial charge in [-0.3, -0.25) is 0 Å². The first-order valence-electron chi connectivity index (χ1n) is 7.54. The summed E-state index contributed by atoms with van der Waals surface area (Å²) in [7, 11) is -2.55. The fourth-order valence-corrected chi connectivity index (χ4v) is 3.89. The van der Waals surface area contributed by atoms with E-state index in [9.17, 15) is 4.57 Å². The Bertz CT molecular complexity index is 958. The van der Waals surface area contributed by atoms with Crippen LogP contribution in [0.3, 0.4) is 0 Å². The van der Waals surface area contributed by atoms with Crippen molar-refractivity contribution in [1.82, 2.24) is 9.97 Å².